The van der Waals surface area contributed by atoms with E-state index in [1.807, 2.05) is 16.8 Å². The number of amides is 2. The van der Waals surface area contributed by atoms with Crippen LogP contribution in [0, 0.1) is 0 Å². The lowest BCUT2D eigenvalue weighted by Crippen LogP contribution is -2.27. The minimum Gasteiger partial charge on any atom is -0.444 e. The lowest BCUT2D eigenvalue weighted by molar-refractivity contribution is -0.111. The molecule has 7 nitrogen and oxygen atoms in total. The van der Waals surface area contributed by atoms with Crippen LogP contribution < -0.4 is 10.6 Å². The first-order valence-electron chi connectivity index (χ1n) is 10.00. The summed E-state index contributed by atoms with van der Waals surface area (Å²) >= 11 is 1.53. The fraction of sp³-hybridized carbons (Fsp3) is 0.318. The zero-order valence-corrected chi connectivity index (χ0v) is 19.9. The third-order valence-corrected chi connectivity index (χ3v) is 6.07. The molecular formula is C22H27N4O3PS. The molecule has 31 heavy (non-hydrogen) atoms. The summed E-state index contributed by atoms with van der Waals surface area (Å²) in [5, 5.41) is 5.47. The maximum atomic E-state index is 12.4. The standard InChI is InChI=1S/C22H27N4O3PS/c1-5-30-14-15-12-26-13-16(31-20(26)23-15)10-11-19(27)24-17-8-6-7-9-18(17)25-21(28)29-22(2,3)4/h6-13,30H,5,14H2,1-4H3,(H,24,27)(H,25,28)/b11-10+. The second-order valence-electron chi connectivity index (χ2n) is 7.83. The molecule has 2 heterocycles. The van der Waals surface area contributed by atoms with Crippen LogP contribution in [-0.2, 0) is 15.7 Å². The Morgan fingerprint density at radius 1 is 1.19 bits per heavy atom. The van der Waals surface area contributed by atoms with Crippen LogP contribution in [0.15, 0.2) is 42.7 Å². The molecule has 0 spiro atoms. The van der Waals surface area contributed by atoms with Crippen LogP contribution in [0.5, 0.6) is 0 Å². The van der Waals surface area contributed by atoms with Crippen LogP contribution in [0.3, 0.4) is 0 Å². The van der Waals surface area contributed by atoms with Gasteiger partial charge in [-0.2, -0.15) is 0 Å². The van der Waals surface area contributed by atoms with Gasteiger partial charge in [0.25, 0.3) is 0 Å². The Balaban J connectivity index is 1.63. The number of fused-ring (bicyclic) bond motifs is 1. The van der Waals surface area contributed by atoms with E-state index < -0.39 is 11.7 Å². The number of thiazole rings is 1. The van der Waals surface area contributed by atoms with Crippen LogP contribution in [0.4, 0.5) is 16.2 Å². The zero-order chi connectivity index (χ0) is 22.4. The summed E-state index contributed by atoms with van der Waals surface area (Å²) in [7, 11) is 0.891. The van der Waals surface area contributed by atoms with Gasteiger partial charge >= 0.3 is 6.09 Å². The summed E-state index contributed by atoms with van der Waals surface area (Å²) in [5.41, 5.74) is 1.45. The van der Waals surface area contributed by atoms with Crippen molar-refractivity contribution in [3.63, 3.8) is 0 Å². The number of nitrogens with one attached hydrogen (secondary N) is 2. The van der Waals surface area contributed by atoms with Gasteiger partial charge in [0, 0.05) is 29.5 Å². The van der Waals surface area contributed by atoms with Gasteiger partial charge in [-0.3, -0.25) is 14.5 Å². The monoisotopic (exact) mass is 458 g/mol. The van der Waals surface area contributed by atoms with Crippen molar-refractivity contribution >= 4 is 54.3 Å². The summed E-state index contributed by atoms with van der Waals surface area (Å²) in [6, 6.07) is 6.98. The van der Waals surface area contributed by atoms with Crippen molar-refractivity contribution < 1.29 is 14.3 Å². The van der Waals surface area contributed by atoms with Gasteiger partial charge in [0.1, 0.15) is 5.60 Å². The van der Waals surface area contributed by atoms with Gasteiger partial charge in [-0.1, -0.05) is 30.4 Å². The van der Waals surface area contributed by atoms with Crippen LogP contribution in [0.2, 0.25) is 0 Å². The van der Waals surface area contributed by atoms with Gasteiger partial charge in [0.15, 0.2) is 4.96 Å². The van der Waals surface area contributed by atoms with Crippen molar-refractivity contribution in [2.45, 2.75) is 39.5 Å². The SMILES string of the molecule is CCPCc1cn2cc(/C=C/C(=O)Nc3ccccc3NC(=O)OC(C)(C)C)sc2n1. The summed E-state index contributed by atoms with van der Waals surface area (Å²) in [4.78, 5) is 31.0. The predicted octanol–water partition coefficient (Wildman–Crippen LogP) is 5.59. The molecule has 9 heteroatoms. The van der Waals surface area contributed by atoms with Crippen molar-refractivity contribution in [3.8, 4) is 0 Å². The van der Waals surface area contributed by atoms with Gasteiger partial charge in [0.2, 0.25) is 5.91 Å². The molecule has 0 saturated carbocycles. The Bertz CT molecular complexity index is 1070. The number of aromatic nitrogens is 2. The Kier molecular flexibility index (Phi) is 7.46. The van der Waals surface area contributed by atoms with Gasteiger partial charge in [-0.15, -0.1) is 8.58 Å². The van der Waals surface area contributed by atoms with Crippen LogP contribution in [0.25, 0.3) is 11.0 Å². The molecule has 1 aromatic carbocycles. The third-order valence-electron chi connectivity index (χ3n) is 4.00. The molecule has 2 N–H and O–H groups in total. The quantitative estimate of drug-likeness (QED) is 0.357. The van der Waals surface area contributed by atoms with Crippen LogP contribution >= 0.6 is 19.9 Å². The van der Waals surface area contributed by atoms with Gasteiger partial charge < -0.3 is 10.1 Å². The summed E-state index contributed by atoms with van der Waals surface area (Å²) in [6.07, 6.45) is 8.84. The number of anilines is 2. The molecule has 0 aliphatic rings. The number of para-hydroxylation sites is 2. The predicted molar refractivity (Wildman–Crippen MR) is 130 cm³/mol. The molecule has 2 aromatic heterocycles. The summed E-state index contributed by atoms with van der Waals surface area (Å²) in [5.74, 6) is -0.297. The molecule has 164 valence electrons. The average Bonchev–Trinajstić information content (AvgIpc) is 3.23. The topological polar surface area (TPSA) is 84.7 Å². The Hall–Kier alpha value is -2.70. The number of hydrogen-bond donors (Lipinski definition) is 2. The van der Waals surface area contributed by atoms with Gasteiger partial charge in [-0.05, 0) is 45.1 Å². The molecule has 0 aliphatic carbocycles. The lowest BCUT2D eigenvalue weighted by Gasteiger charge is -2.20. The van der Waals surface area contributed by atoms with Crippen LogP contribution in [0.1, 0.15) is 38.3 Å². The second kappa shape index (κ2) is 10.1. The highest BCUT2D eigenvalue weighted by molar-refractivity contribution is 7.37. The number of hydrogen-bond acceptors (Lipinski definition) is 5. The number of rotatable bonds is 7. The highest BCUT2D eigenvalue weighted by Crippen LogP contribution is 2.24. The molecule has 0 fully saturated rings. The van der Waals surface area contributed by atoms with Crippen molar-refractivity contribution in [3.05, 3.63) is 53.3 Å². The van der Waals surface area contributed by atoms with Gasteiger partial charge in [-0.25, -0.2) is 9.78 Å². The maximum absolute atomic E-state index is 12.4. The minimum atomic E-state index is -0.608. The molecule has 2 amide bonds. The largest absolute Gasteiger partial charge is 0.444 e. The van der Waals surface area contributed by atoms with E-state index in [-0.39, 0.29) is 5.91 Å². The summed E-state index contributed by atoms with van der Waals surface area (Å²) < 4.78 is 7.27. The van der Waals surface area contributed by atoms with Crippen molar-refractivity contribution in [1.82, 2.24) is 9.38 Å². The maximum Gasteiger partial charge on any atom is 0.412 e. The normalized spacial score (nSPS) is 12.1. The Labute approximate surface area is 187 Å². The van der Waals surface area contributed by atoms with E-state index in [9.17, 15) is 9.59 Å². The zero-order valence-electron chi connectivity index (χ0n) is 18.1. The second-order valence-corrected chi connectivity index (χ2v) is 10.4. The molecule has 1 unspecified atom stereocenters. The highest BCUT2D eigenvalue weighted by atomic mass is 32.1. The fourth-order valence-corrected chi connectivity index (χ4v) is 4.29. The van der Waals surface area contributed by atoms with Crippen LogP contribution in [-0.4, -0.2) is 33.1 Å². The molecule has 1 atom stereocenters. The number of imidazole rings is 1. The van der Waals surface area contributed by atoms with Gasteiger partial charge in [0.05, 0.1) is 17.1 Å². The van der Waals surface area contributed by atoms with E-state index in [0.717, 1.165) is 30.3 Å². The number of carbonyl (C=O) groups is 2. The van der Waals surface area contributed by atoms with Crippen molar-refractivity contribution in [2.75, 3.05) is 16.8 Å². The van der Waals surface area contributed by atoms with E-state index in [0.29, 0.717) is 11.4 Å². The molecule has 0 aliphatic heterocycles. The number of benzene rings is 1. The summed E-state index contributed by atoms with van der Waals surface area (Å²) in [6.45, 7) is 7.55. The first-order chi connectivity index (χ1) is 14.7. The number of ether oxygens (including phenoxy) is 1. The molecule has 0 bridgehead atoms. The Morgan fingerprint density at radius 3 is 2.55 bits per heavy atom. The van der Waals surface area contributed by atoms with Crippen molar-refractivity contribution in [1.29, 1.82) is 0 Å². The van der Waals surface area contributed by atoms with E-state index in [2.05, 4.69) is 22.5 Å². The van der Waals surface area contributed by atoms with Crippen molar-refractivity contribution in [2.24, 2.45) is 0 Å². The number of carbonyl (C=O) groups excluding carboxylic acids is 2. The van der Waals surface area contributed by atoms with E-state index >= 15 is 0 Å². The van der Waals surface area contributed by atoms with E-state index in [4.69, 9.17) is 4.74 Å². The Morgan fingerprint density at radius 2 is 1.90 bits per heavy atom. The molecular weight excluding hydrogens is 431 g/mol. The van der Waals surface area contributed by atoms with E-state index in [1.54, 1.807) is 51.1 Å². The van der Waals surface area contributed by atoms with E-state index in [1.165, 1.54) is 23.6 Å². The first kappa shape index (κ1) is 23.0. The molecule has 3 rings (SSSR count). The minimum absolute atomic E-state index is 0.297. The fourth-order valence-electron chi connectivity index (χ4n) is 2.72. The third kappa shape index (κ3) is 6.91. The smallest absolute Gasteiger partial charge is 0.412 e. The molecule has 0 radical (unpaired) electrons. The first-order valence-corrected chi connectivity index (χ1v) is 12.2. The average molecular weight is 459 g/mol. The molecule has 0 saturated heterocycles. The molecule has 3 aromatic rings. The lowest BCUT2D eigenvalue weighted by atomic mass is 10.2. The number of nitrogens with zero attached hydrogens (tertiary/aromatic N) is 2. The highest BCUT2D eigenvalue weighted by Gasteiger charge is 2.17.